The van der Waals surface area contributed by atoms with E-state index in [0.29, 0.717) is 4.77 Å². The Labute approximate surface area is 122 Å². The Morgan fingerprint density at radius 3 is 2.75 bits per heavy atom. The van der Waals surface area contributed by atoms with E-state index in [1.54, 1.807) is 6.07 Å². The third kappa shape index (κ3) is 2.45. The monoisotopic (exact) mass is 295 g/mol. The average Bonchev–Trinajstić information content (AvgIpc) is 3.03. The van der Waals surface area contributed by atoms with Crippen molar-refractivity contribution in [3.8, 4) is 5.75 Å². The highest BCUT2D eigenvalue weighted by molar-refractivity contribution is 7.71. The van der Waals surface area contributed by atoms with E-state index in [-0.39, 0.29) is 11.6 Å². The Bertz CT molecular complexity index is 673. The van der Waals surface area contributed by atoms with Crippen LogP contribution in [0.2, 0.25) is 0 Å². The second-order valence-electron chi connectivity index (χ2n) is 5.13. The van der Waals surface area contributed by atoms with Crippen molar-refractivity contribution in [2.24, 2.45) is 0 Å². The lowest BCUT2D eigenvalue weighted by atomic mass is 10.3. The van der Waals surface area contributed by atoms with E-state index in [0.717, 1.165) is 37.2 Å². The van der Waals surface area contributed by atoms with Crippen LogP contribution in [0.25, 0.3) is 11.0 Å². The number of H-pyrrole nitrogens is 1. The van der Waals surface area contributed by atoms with Gasteiger partial charge in [-0.05, 0) is 38.1 Å². The van der Waals surface area contributed by atoms with Crippen molar-refractivity contribution in [1.82, 2.24) is 14.5 Å². The van der Waals surface area contributed by atoms with Crippen molar-refractivity contribution in [2.45, 2.75) is 19.4 Å². The van der Waals surface area contributed by atoms with Gasteiger partial charge in [0.2, 0.25) is 0 Å². The molecular formula is C14H18FN3OS. The lowest BCUT2D eigenvalue weighted by Gasteiger charge is -2.15. The normalized spacial score (nSPS) is 16.1. The molecule has 1 aliphatic rings. The molecule has 6 heteroatoms. The number of aromatic nitrogens is 2. The van der Waals surface area contributed by atoms with Crippen molar-refractivity contribution in [3.05, 3.63) is 22.7 Å². The van der Waals surface area contributed by atoms with Crippen LogP contribution in [0.15, 0.2) is 12.1 Å². The Morgan fingerprint density at radius 1 is 1.30 bits per heavy atom. The lowest BCUT2D eigenvalue weighted by molar-refractivity contribution is 0.323. The van der Waals surface area contributed by atoms with Crippen LogP contribution >= 0.6 is 12.2 Å². The minimum absolute atomic E-state index is 0.251. The zero-order valence-electron chi connectivity index (χ0n) is 11.5. The number of fused-ring (bicyclic) bond motifs is 1. The third-order valence-electron chi connectivity index (χ3n) is 3.89. The van der Waals surface area contributed by atoms with Crippen LogP contribution in [-0.2, 0) is 6.54 Å². The number of halogens is 1. The summed E-state index contributed by atoms with van der Waals surface area (Å²) in [6.07, 6.45) is 2.55. The minimum atomic E-state index is -0.372. The zero-order chi connectivity index (χ0) is 14.1. The molecule has 0 radical (unpaired) electrons. The predicted octanol–water partition coefficient (Wildman–Crippen LogP) is 2.94. The number of imidazole rings is 1. The van der Waals surface area contributed by atoms with Gasteiger partial charge in [-0.15, -0.1) is 0 Å². The molecule has 0 spiro atoms. The van der Waals surface area contributed by atoms with Gasteiger partial charge in [0, 0.05) is 25.2 Å². The number of rotatable bonds is 4. The number of aromatic amines is 1. The molecule has 1 aromatic carbocycles. The number of benzene rings is 1. The van der Waals surface area contributed by atoms with Crippen molar-refractivity contribution >= 4 is 23.3 Å². The molecule has 4 nitrogen and oxygen atoms in total. The van der Waals surface area contributed by atoms with Crippen LogP contribution in [0.4, 0.5) is 4.39 Å². The first-order chi connectivity index (χ1) is 9.69. The third-order valence-corrected chi connectivity index (χ3v) is 4.21. The van der Waals surface area contributed by atoms with Crippen molar-refractivity contribution in [2.75, 3.05) is 26.7 Å². The summed E-state index contributed by atoms with van der Waals surface area (Å²) in [5.74, 6) is -0.121. The lowest BCUT2D eigenvalue weighted by Crippen LogP contribution is -2.24. The number of hydrogen-bond acceptors (Lipinski definition) is 3. The van der Waals surface area contributed by atoms with Gasteiger partial charge in [0.15, 0.2) is 16.3 Å². The molecule has 0 amide bonds. The van der Waals surface area contributed by atoms with Crippen LogP contribution in [0, 0.1) is 10.6 Å². The minimum Gasteiger partial charge on any atom is -0.494 e. The number of methoxy groups -OCH3 is 1. The number of ether oxygens (including phenoxy) is 1. The van der Waals surface area contributed by atoms with Gasteiger partial charge in [-0.2, -0.15) is 0 Å². The maximum Gasteiger partial charge on any atom is 0.178 e. The van der Waals surface area contributed by atoms with Crippen LogP contribution < -0.4 is 4.74 Å². The Kier molecular flexibility index (Phi) is 3.76. The molecule has 0 atom stereocenters. The highest BCUT2D eigenvalue weighted by Gasteiger charge is 2.14. The highest BCUT2D eigenvalue weighted by Crippen LogP contribution is 2.24. The van der Waals surface area contributed by atoms with E-state index in [9.17, 15) is 4.39 Å². The summed E-state index contributed by atoms with van der Waals surface area (Å²) < 4.78 is 21.4. The fourth-order valence-electron chi connectivity index (χ4n) is 2.78. The first-order valence-corrected chi connectivity index (χ1v) is 7.28. The standard InChI is InChI=1S/C14H18FN3OS/c1-19-13-9-12-11(8-10(13)15)16-14(20)18(12)7-6-17-4-2-3-5-17/h8-9H,2-7H2,1H3,(H,16,20). The first kappa shape index (κ1) is 13.6. The van der Waals surface area contributed by atoms with E-state index in [2.05, 4.69) is 9.88 Å². The molecule has 0 saturated carbocycles. The van der Waals surface area contributed by atoms with Crippen LogP contribution in [-0.4, -0.2) is 41.2 Å². The van der Waals surface area contributed by atoms with E-state index in [4.69, 9.17) is 17.0 Å². The molecule has 1 fully saturated rings. The Balaban J connectivity index is 1.92. The smallest absolute Gasteiger partial charge is 0.178 e. The molecule has 1 saturated heterocycles. The Hall–Kier alpha value is -1.40. The van der Waals surface area contributed by atoms with Crippen molar-refractivity contribution < 1.29 is 9.13 Å². The molecule has 0 aliphatic carbocycles. The quantitative estimate of drug-likeness (QED) is 0.880. The van der Waals surface area contributed by atoms with E-state index in [1.807, 2.05) is 4.57 Å². The van der Waals surface area contributed by atoms with Gasteiger partial charge in [-0.25, -0.2) is 4.39 Å². The van der Waals surface area contributed by atoms with Gasteiger partial charge in [-0.3, -0.25) is 0 Å². The maximum atomic E-state index is 13.7. The van der Waals surface area contributed by atoms with Crippen LogP contribution in [0.5, 0.6) is 5.75 Å². The maximum absolute atomic E-state index is 13.7. The van der Waals surface area contributed by atoms with E-state index in [1.165, 1.54) is 26.0 Å². The topological polar surface area (TPSA) is 33.2 Å². The van der Waals surface area contributed by atoms with Gasteiger partial charge < -0.3 is 19.2 Å². The van der Waals surface area contributed by atoms with Gasteiger partial charge in [0.1, 0.15) is 0 Å². The second kappa shape index (κ2) is 5.54. The molecular weight excluding hydrogens is 277 g/mol. The number of nitrogens with zero attached hydrogens (tertiary/aromatic N) is 2. The summed E-state index contributed by atoms with van der Waals surface area (Å²) in [5.41, 5.74) is 1.61. The van der Waals surface area contributed by atoms with Gasteiger partial charge in [0.25, 0.3) is 0 Å². The molecule has 108 valence electrons. The van der Waals surface area contributed by atoms with Gasteiger partial charge in [-0.1, -0.05) is 0 Å². The molecule has 2 aromatic rings. The van der Waals surface area contributed by atoms with Crippen molar-refractivity contribution in [1.29, 1.82) is 0 Å². The fraction of sp³-hybridized carbons (Fsp3) is 0.500. The largest absolute Gasteiger partial charge is 0.494 e. The summed E-state index contributed by atoms with van der Waals surface area (Å²) in [6, 6.07) is 3.15. The second-order valence-corrected chi connectivity index (χ2v) is 5.52. The molecule has 0 unspecified atom stereocenters. The molecule has 3 rings (SSSR count). The Morgan fingerprint density at radius 2 is 2.05 bits per heavy atom. The van der Waals surface area contributed by atoms with Crippen LogP contribution in [0.3, 0.4) is 0 Å². The van der Waals surface area contributed by atoms with E-state index < -0.39 is 0 Å². The van der Waals surface area contributed by atoms with Gasteiger partial charge in [0.05, 0.1) is 18.1 Å². The molecule has 0 bridgehead atoms. The molecule has 2 heterocycles. The number of nitrogens with one attached hydrogen (secondary N) is 1. The first-order valence-electron chi connectivity index (χ1n) is 6.87. The van der Waals surface area contributed by atoms with E-state index >= 15 is 0 Å². The molecule has 1 N–H and O–H groups in total. The van der Waals surface area contributed by atoms with Crippen molar-refractivity contribution in [3.63, 3.8) is 0 Å². The fourth-order valence-corrected chi connectivity index (χ4v) is 3.08. The predicted molar refractivity (Wildman–Crippen MR) is 79.3 cm³/mol. The SMILES string of the molecule is COc1cc2c(cc1F)[nH]c(=S)n2CCN1CCCC1. The number of likely N-dealkylation sites (tertiary alicyclic amines) is 1. The van der Waals surface area contributed by atoms with Gasteiger partial charge >= 0.3 is 0 Å². The zero-order valence-corrected chi connectivity index (χ0v) is 12.3. The average molecular weight is 295 g/mol. The summed E-state index contributed by atoms with van der Waals surface area (Å²) >= 11 is 5.34. The highest BCUT2D eigenvalue weighted by atomic mass is 32.1. The molecule has 1 aromatic heterocycles. The van der Waals surface area contributed by atoms with Crippen LogP contribution in [0.1, 0.15) is 12.8 Å². The molecule has 20 heavy (non-hydrogen) atoms. The molecule has 1 aliphatic heterocycles. The summed E-state index contributed by atoms with van der Waals surface area (Å²) in [4.78, 5) is 5.49. The number of hydrogen-bond donors (Lipinski definition) is 1. The summed E-state index contributed by atoms with van der Waals surface area (Å²) in [7, 11) is 1.47. The summed E-state index contributed by atoms with van der Waals surface area (Å²) in [5, 5.41) is 0. The summed E-state index contributed by atoms with van der Waals surface area (Å²) in [6.45, 7) is 4.11.